The van der Waals surface area contributed by atoms with Gasteiger partial charge in [0.05, 0.1) is 6.07 Å². The van der Waals surface area contributed by atoms with Gasteiger partial charge in [-0.25, -0.2) is 0 Å². The number of hydrogen-bond acceptors (Lipinski definition) is 3. The van der Waals surface area contributed by atoms with Crippen LogP contribution >= 0.6 is 0 Å². The maximum absolute atomic E-state index is 9.64. The summed E-state index contributed by atoms with van der Waals surface area (Å²) in [6, 6.07) is 4.29. The van der Waals surface area contributed by atoms with E-state index in [1.807, 2.05) is 0 Å². The zero-order valence-corrected chi connectivity index (χ0v) is 12.8. The monoisotopic (exact) mass is 263 g/mol. The largest absolute Gasteiger partial charge is 0.298 e. The summed E-state index contributed by atoms with van der Waals surface area (Å²) >= 11 is 0. The first-order chi connectivity index (χ1) is 9.06. The summed E-state index contributed by atoms with van der Waals surface area (Å²) in [5.74, 6) is 0. The molecule has 0 aromatic carbocycles. The number of rotatable bonds is 3. The van der Waals surface area contributed by atoms with Gasteiger partial charge in [0, 0.05) is 18.1 Å². The lowest BCUT2D eigenvalue weighted by molar-refractivity contribution is 0.0599. The van der Waals surface area contributed by atoms with E-state index < -0.39 is 0 Å². The zero-order valence-electron chi connectivity index (χ0n) is 12.8. The molecule has 1 aliphatic carbocycles. The minimum atomic E-state index is -0.283. The fourth-order valence-corrected chi connectivity index (χ4v) is 4.01. The third kappa shape index (κ3) is 3.49. The van der Waals surface area contributed by atoms with Gasteiger partial charge in [-0.1, -0.05) is 6.42 Å². The molecular formula is C16H29N3. The van der Waals surface area contributed by atoms with Crippen LogP contribution in [0.5, 0.6) is 0 Å². The van der Waals surface area contributed by atoms with E-state index in [2.05, 4.69) is 37.1 Å². The summed E-state index contributed by atoms with van der Waals surface area (Å²) in [5.41, 5.74) is -0.283. The van der Waals surface area contributed by atoms with Crippen LogP contribution in [-0.4, -0.2) is 35.1 Å². The van der Waals surface area contributed by atoms with Crippen LogP contribution in [0.4, 0.5) is 0 Å². The molecule has 0 bridgehead atoms. The Kier molecular flexibility index (Phi) is 4.86. The SMILES string of the molecule is CC(C)NC1(C#N)CCCC(N2CCCCC2C)C1. The quantitative estimate of drug-likeness (QED) is 0.850. The lowest BCUT2D eigenvalue weighted by Gasteiger charge is -2.46. The van der Waals surface area contributed by atoms with Crippen molar-refractivity contribution in [2.75, 3.05) is 6.54 Å². The Bertz CT molecular complexity index is 333. The van der Waals surface area contributed by atoms with Gasteiger partial charge in [0.2, 0.25) is 0 Å². The van der Waals surface area contributed by atoms with E-state index in [1.165, 1.54) is 38.6 Å². The van der Waals surface area contributed by atoms with Gasteiger partial charge >= 0.3 is 0 Å². The molecule has 0 spiro atoms. The fourth-order valence-electron chi connectivity index (χ4n) is 4.01. The Hall–Kier alpha value is -0.590. The molecule has 0 aromatic heterocycles. The Morgan fingerprint density at radius 2 is 2.05 bits per heavy atom. The molecule has 1 heterocycles. The number of nitrogens with one attached hydrogen (secondary N) is 1. The third-order valence-electron chi connectivity index (χ3n) is 4.83. The first-order valence-electron chi connectivity index (χ1n) is 8.01. The molecule has 3 nitrogen and oxygen atoms in total. The highest BCUT2D eigenvalue weighted by atomic mass is 15.2. The second-order valence-corrected chi connectivity index (χ2v) is 6.83. The van der Waals surface area contributed by atoms with Crippen LogP contribution in [0.3, 0.4) is 0 Å². The molecule has 108 valence electrons. The normalized spacial score (nSPS) is 37.2. The molecule has 3 heteroatoms. The fraction of sp³-hybridized carbons (Fsp3) is 0.938. The maximum atomic E-state index is 9.64. The molecule has 3 unspecified atom stereocenters. The van der Waals surface area contributed by atoms with Crippen LogP contribution in [0.15, 0.2) is 0 Å². The Labute approximate surface area is 118 Å². The van der Waals surface area contributed by atoms with Crippen LogP contribution in [0, 0.1) is 11.3 Å². The number of hydrogen-bond donors (Lipinski definition) is 1. The molecule has 3 atom stereocenters. The molecule has 1 saturated heterocycles. The lowest BCUT2D eigenvalue weighted by Crippen LogP contribution is -2.56. The molecule has 0 aromatic rings. The van der Waals surface area contributed by atoms with Crippen molar-refractivity contribution in [3.8, 4) is 6.07 Å². The van der Waals surface area contributed by atoms with E-state index >= 15 is 0 Å². The lowest BCUT2D eigenvalue weighted by atomic mass is 9.78. The molecule has 19 heavy (non-hydrogen) atoms. The van der Waals surface area contributed by atoms with E-state index in [-0.39, 0.29) is 5.54 Å². The zero-order chi connectivity index (χ0) is 13.9. The first kappa shape index (κ1) is 14.8. The van der Waals surface area contributed by atoms with Gasteiger partial charge in [-0.2, -0.15) is 5.26 Å². The molecule has 2 rings (SSSR count). The van der Waals surface area contributed by atoms with Gasteiger partial charge in [0.25, 0.3) is 0 Å². The Balaban J connectivity index is 2.05. The minimum absolute atomic E-state index is 0.283. The Morgan fingerprint density at radius 3 is 2.68 bits per heavy atom. The summed E-state index contributed by atoms with van der Waals surface area (Å²) in [4.78, 5) is 2.68. The number of likely N-dealkylation sites (tertiary alicyclic amines) is 1. The third-order valence-corrected chi connectivity index (χ3v) is 4.83. The van der Waals surface area contributed by atoms with Crippen molar-refractivity contribution in [1.29, 1.82) is 5.26 Å². The molecule has 1 N–H and O–H groups in total. The summed E-state index contributed by atoms with van der Waals surface area (Å²) in [6.45, 7) is 7.88. The van der Waals surface area contributed by atoms with Crippen molar-refractivity contribution in [3.05, 3.63) is 0 Å². The van der Waals surface area contributed by atoms with Crippen molar-refractivity contribution >= 4 is 0 Å². The van der Waals surface area contributed by atoms with Gasteiger partial charge in [-0.15, -0.1) is 0 Å². The summed E-state index contributed by atoms with van der Waals surface area (Å²) in [7, 11) is 0. The van der Waals surface area contributed by atoms with Crippen molar-refractivity contribution in [2.24, 2.45) is 0 Å². The van der Waals surface area contributed by atoms with Crippen LogP contribution in [-0.2, 0) is 0 Å². The molecule has 2 fully saturated rings. The highest BCUT2D eigenvalue weighted by Gasteiger charge is 2.40. The van der Waals surface area contributed by atoms with Crippen LogP contribution in [0.2, 0.25) is 0 Å². The maximum Gasteiger partial charge on any atom is 0.108 e. The molecule has 1 saturated carbocycles. The van der Waals surface area contributed by atoms with Crippen molar-refractivity contribution in [3.63, 3.8) is 0 Å². The minimum Gasteiger partial charge on any atom is -0.298 e. The molecule has 2 aliphatic rings. The van der Waals surface area contributed by atoms with Crippen molar-refractivity contribution in [2.45, 2.75) is 89.4 Å². The van der Waals surface area contributed by atoms with Crippen LogP contribution < -0.4 is 5.32 Å². The Morgan fingerprint density at radius 1 is 1.26 bits per heavy atom. The van der Waals surface area contributed by atoms with E-state index in [1.54, 1.807) is 0 Å². The standard InChI is InChI=1S/C16H29N3/c1-13(2)18-16(12-17)9-6-8-15(11-16)19-10-5-4-7-14(19)3/h13-15,18H,4-11H2,1-3H3. The number of nitrogens with zero attached hydrogens (tertiary/aromatic N) is 2. The highest BCUT2D eigenvalue weighted by molar-refractivity contribution is 5.12. The highest BCUT2D eigenvalue weighted by Crippen LogP contribution is 2.34. The van der Waals surface area contributed by atoms with Gasteiger partial charge in [-0.05, 0) is 65.8 Å². The van der Waals surface area contributed by atoms with Crippen molar-refractivity contribution in [1.82, 2.24) is 10.2 Å². The van der Waals surface area contributed by atoms with E-state index in [0.29, 0.717) is 18.1 Å². The van der Waals surface area contributed by atoms with Gasteiger partial charge in [0.15, 0.2) is 0 Å². The predicted molar refractivity (Wildman–Crippen MR) is 78.9 cm³/mol. The second kappa shape index (κ2) is 6.24. The molecule has 1 aliphatic heterocycles. The van der Waals surface area contributed by atoms with Crippen LogP contribution in [0.1, 0.15) is 65.7 Å². The summed E-state index contributed by atoms with van der Waals surface area (Å²) < 4.78 is 0. The molecular weight excluding hydrogens is 234 g/mol. The number of piperidine rings is 1. The van der Waals surface area contributed by atoms with E-state index in [9.17, 15) is 5.26 Å². The first-order valence-corrected chi connectivity index (χ1v) is 8.01. The smallest absolute Gasteiger partial charge is 0.108 e. The van der Waals surface area contributed by atoms with E-state index in [0.717, 1.165) is 12.8 Å². The average molecular weight is 263 g/mol. The average Bonchev–Trinajstić information content (AvgIpc) is 2.39. The van der Waals surface area contributed by atoms with Gasteiger partial charge in [0.1, 0.15) is 5.54 Å². The second-order valence-electron chi connectivity index (χ2n) is 6.83. The summed E-state index contributed by atoms with van der Waals surface area (Å²) in [5, 5.41) is 13.2. The summed E-state index contributed by atoms with van der Waals surface area (Å²) in [6.07, 6.45) is 8.50. The van der Waals surface area contributed by atoms with Gasteiger partial charge < -0.3 is 0 Å². The van der Waals surface area contributed by atoms with E-state index in [4.69, 9.17) is 0 Å². The van der Waals surface area contributed by atoms with Crippen molar-refractivity contribution < 1.29 is 0 Å². The predicted octanol–water partition coefficient (Wildman–Crippen LogP) is 3.06. The number of nitriles is 1. The molecule has 0 amide bonds. The molecule has 0 radical (unpaired) electrons. The van der Waals surface area contributed by atoms with Gasteiger partial charge in [-0.3, -0.25) is 10.2 Å². The topological polar surface area (TPSA) is 39.1 Å². The van der Waals surface area contributed by atoms with Crippen LogP contribution in [0.25, 0.3) is 0 Å².